The molecule has 0 aliphatic heterocycles. The molecule has 12 heteroatoms. The van der Waals surface area contributed by atoms with Crippen molar-refractivity contribution in [1.29, 1.82) is 0 Å². The van der Waals surface area contributed by atoms with Crippen LogP contribution in [0.1, 0.15) is 226 Å². The second-order valence-corrected chi connectivity index (χ2v) is 21.2. The van der Waals surface area contributed by atoms with Crippen LogP contribution in [0.5, 0.6) is 0 Å². The third kappa shape index (κ3) is 58.0. The van der Waals surface area contributed by atoms with Gasteiger partial charge in [-0.1, -0.05) is 231 Å². The first-order valence-corrected chi connectivity index (χ1v) is 32.2. The normalized spacial score (nSPS) is 14.3. The molecule has 0 radical (unpaired) electrons. The van der Waals surface area contributed by atoms with Crippen molar-refractivity contribution in [1.82, 2.24) is 0 Å². The SMILES string of the molecule is CC/C=C\C/C=C\C/C=C\C/C=C\C/C=C\C/C=C\CCC(=O)OCC(COP(=O)(O)OCC(CO)OC(=O)CCCCCCCCC/C=C\CCCCCCCC)OC(=O)CCC/C=C\C/C=C\C/C=C\C/C=C\C/C=C\CC. The summed E-state index contributed by atoms with van der Waals surface area (Å²) in [5.41, 5.74) is 0. The second-order valence-electron chi connectivity index (χ2n) is 19.7. The number of carbonyl (C=O) groups excluding carboxylic acids is 3. The van der Waals surface area contributed by atoms with Gasteiger partial charge in [0.1, 0.15) is 12.7 Å². The number of allylic oxidation sites excluding steroid dienone is 24. The summed E-state index contributed by atoms with van der Waals surface area (Å²) >= 11 is 0. The molecule has 3 unspecified atom stereocenters. The van der Waals surface area contributed by atoms with Gasteiger partial charge in [0.15, 0.2) is 6.10 Å². The molecule has 0 bridgehead atoms. The zero-order valence-corrected chi connectivity index (χ0v) is 50.9. The Kier molecular flexibility index (Phi) is 56.9. The van der Waals surface area contributed by atoms with Crippen molar-refractivity contribution < 1.29 is 52.2 Å². The van der Waals surface area contributed by atoms with Crippen LogP contribution in [0.4, 0.5) is 0 Å². The van der Waals surface area contributed by atoms with Crippen LogP contribution in [0.15, 0.2) is 146 Å². The van der Waals surface area contributed by atoms with Gasteiger partial charge in [0.2, 0.25) is 0 Å². The van der Waals surface area contributed by atoms with Gasteiger partial charge in [0.05, 0.1) is 19.8 Å². The molecule has 452 valence electrons. The molecule has 0 aliphatic carbocycles. The molecule has 11 nitrogen and oxygen atoms in total. The van der Waals surface area contributed by atoms with E-state index < -0.39 is 64.4 Å². The number of esters is 3. The Morgan fingerprint density at radius 3 is 1.11 bits per heavy atom. The van der Waals surface area contributed by atoms with Crippen LogP contribution < -0.4 is 0 Å². The van der Waals surface area contributed by atoms with E-state index in [4.69, 9.17) is 23.3 Å². The van der Waals surface area contributed by atoms with Crippen molar-refractivity contribution in [3.05, 3.63) is 146 Å². The predicted molar refractivity (Wildman–Crippen MR) is 334 cm³/mol. The first kappa shape index (κ1) is 75.4. The molecular formula is C68H109O11P. The van der Waals surface area contributed by atoms with E-state index in [2.05, 4.69) is 142 Å². The predicted octanol–water partition coefficient (Wildman–Crippen LogP) is 18.7. The maximum absolute atomic E-state index is 12.9. The first-order valence-electron chi connectivity index (χ1n) is 30.7. The van der Waals surface area contributed by atoms with Crippen molar-refractivity contribution in [2.45, 2.75) is 238 Å². The van der Waals surface area contributed by atoms with E-state index in [1.165, 1.54) is 57.8 Å². The lowest BCUT2D eigenvalue weighted by atomic mass is 10.1. The van der Waals surface area contributed by atoms with E-state index in [0.717, 1.165) is 103 Å². The standard InChI is InChI=1S/C68H109O11P/c1-4-7-10-13-16-19-22-25-28-31-32-35-36-39-42-45-48-51-54-57-66(70)75-61-65(79-68(72)59-56-53-50-47-44-41-38-34-30-27-24-21-18-15-12-9-6-3)63-77-80(73,74)76-62-64(60-69)78-67(71)58-55-52-49-46-43-40-37-33-29-26-23-20-17-14-11-8-5-2/h7,9-10,12,16,18-19,21,25-30,32,35,38-39,41-42,47-48,50-51,64-65,69H,4-6,8,11,13-15,17,20,22-24,31,33-34,36-37,40,43-46,49,52-63H2,1-3H3,(H,73,74)/b10-7-,12-9-,19-16-,21-18-,28-25-,29-26-,30-27-,35-32-,41-38-,42-39-,50-47-,51-48-. The molecular weight excluding hydrogens is 1020 g/mol. The van der Waals surface area contributed by atoms with Crippen LogP contribution in [-0.2, 0) is 42.2 Å². The van der Waals surface area contributed by atoms with Gasteiger partial charge in [-0.2, -0.15) is 0 Å². The quantitative estimate of drug-likeness (QED) is 0.0197. The largest absolute Gasteiger partial charge is 0.472 e. The van der Waals surface area contributed by atoms with Crippen LogP contribution >= 0.6 is 7.82 Å². The van der Waals surface area contributed by atoms with Gasteiger partial charge >= 0.3 is 25.7 Å². The summed E-state index contributed by atoms with van der Waals surface area (Å²) in [6.45, 7) is 4.25. The van der Waals surface area contributed by atoms with Gasteiger partial charge in [0, 0.05) is 19.3 Å². The minimum atomic E-state index is -4.79. The number of unbranched alkanes of at least 4 members (excludes halogenated alkanes) is 14. The molecule has 0 saturated heterocycles. The highest BCUT2D eigenvalue weighted by Gasteiger charge is 2.28. The molecule has 0 aromatic carbocycles. The molecule has 80 heavy (non-hydrogen) atoms. The second kappa shape index (κ2) is 60.5. The first-order chi connectivity index (χ1) is 39.2. The van der Waals surface area contributed by atoms with E-state index in [-0.39, 0.29) is 19.3 Å². The van der Waals surface area contributed by atoms with Crippen molar-refractivity contribution in [3.63, 3.8) is 0 Å². The fourth-order valence-corrected chi connectivity index (χ4v) is 8.43. The Labute approximate surface area is 486 Å². The van der Waals surface area contributed by atoms with Crippen molar-refractivity contribution in [2.75, 3.05) is 26.4 Å². The number of carbonyl (C=O) groups is 3. The lowest BCUT2D eigenvalue weighted by Gasteiger charge is -2.21. The molecule has 0 saturated carbocycles. The Hall–Kier alpha value is -4.64. The van der Waals surface area contributed by atoms with Crippen molar-refractivity contribution in [2.24, 2.45) is 0 Å². The molecule has 0 amide bonds. The Morgan fingerprint density at radius 1 is 0.362 bits per heavy atom. The summed E-state index contributed by atoms with van der Waals surface area (Å²) in [4.78, 5) is 48.6. The van der Waals surface area contributed by atoms with Gasteiger partial charge in [-0.15, -0.1) is 0 Å². The molecule has 0 heterocycles. The highest BCUT2D eigenvalue weighted by molar-refractivity contribution is 7.47. The number of phosphoric ester groups is 1. The van der Waals surface area contributed by atoms with E-state index in [1.807, 2.05) is 24.3 Å². The smallest absolute Gasteiger partial charge is 0.462 e. The van der Waals surface area contributed by atoms with E-state index in [0.29, 0.717) is 25.7 Å². The number of hydrogen-bond donors (Lipinski definition) is 2. The van der Waals surface area contributed by atoms with Crippen LogP contribution in [0.2, 0.25) is 0 Å². The summed E-state index contributed by atoms with van der Waals surface area (Å²) in [5.74, 6) is -1.66. The maximum atomic E-state index is 12.9. The molecule has 0 aromatic rings. The summed E-state index contributed by atoms with van der Waals surface area (Å²) in [6.07, 6.45) is 78.2. The molecule has 2 N–H and O–H groups in total. The number of rotatable bonds is 55. The fraction of sp³-hybridized carbons (Fsp3) is 0.603. The highest BCUT2D eigenvalue weighted by atomic mass is 31.2. The van der Waals surface area contributed by atoms with Gasteiger partial charge in [-0.3, -0.25) is 23.4 Å². The molecule has 0 aromatic heterocycles. The number of aliphatic hydroxyl groups is 1. The van der Waals surface area contributed by atoms with Crippen LogP contribution in [0, 0.1) is 0 Å². The molecule has 3 atom stereocenters. The van der Waals surface area contributed by atoms with Gasteiger partial charge in [-0.25, -0.2) is 4.57 Å². The van der Waals surface area contributed by atoms with Crippen LogP contribution in [-0.4, -0.2) is 66.5 Å². The summed E-state index contributed by atoms with van der Waals surface area (Å²) in [6, 6.07) is 0. The summed E-state index contributed by atoms with van der Waals surface area (Å²) < 4.78 is 39.5. The zero-order chi connectivity index (χ0) is 58.3. The van der Waals surface area contributed by atoms with Gasteiger partial charge in [0.25, 0.3) is 0 Å². The minimum absolute atomic E-state index is 0.0652. The monoisotopic (exact) mass is 1130 g/mol. The summed E-state index contributed by atoms with van der Waals surface area (Å²) in [5, 5.41) is 9.84. The Morgan fingerprint density at radius 2 is 0.688 bits per heavy atom. The highest BCUT2D eigenvalue weighted by Crippen LogP contribution is 2.43. The Bertz CT molecular complexity index is 1900. The van der Waals surface area contributed by atoms with Crippen molar-refractivity contribution in [3.8, 4) is 0 Å². The molecule has 0 aliphatic rings. The number of ether oxygens (including phenoxy) is 3. The number of aliphatic hydroxyl groups excluding tert-OH is 1. The maximum Gasteiger partial charge on any atom is 0.472 e. The van der Waals surface area contributed by atoms with E-state index in [9.17, 15) is 28.9 Å². The van der Waals surface area contributed by atoms with E-state index >= 15 is 0 Å². The van der Waals surface area contributed by atoms with Crippen molar-refractivity contribution >= 4 is 25.7 Å². The third-order valence-corrected chi connectivity index (χ3v) is 13.2. The Balaban J connectivity index is 4.90. The summed E-state index contributed by atoms with van der Waals surface area (Å²) in [7, 11) is -4.79. The lowest BCUT2D eigenvalue weighted by Crippen LogP contribution is -2.30. The minimum Gasteiger partial charge on any atom is -0.462 e. The zero-order valence-electron chi connectivity index (χ0n) is 50.0. The van der Waals surface area contributed by atoms with E-state index in [1.54, 1.807) is 0 Å². The average Bonchev–Trinajstić information content (AvgIpc) is 3.45. The van der Waals surface area contributed by atoms with Gasteiger partial charge in [-0.05, 0) is 122 Å². The lowest BCUT2D eigenvalue weighted by molar-refractivity contribution is -0.161. The fourth-order valence-electron chi connectivity index (χ4n) is 7.65. The average molecular weight is 1130 g/mol. The number of phosphoric acid groups is 1. The molecule has 0 spiro atoms. The van der Waals surface area contributed by atoms with Crippen LogP contribution in [0.25, 0.3) is 0 Å². The third-order valence-electron chi connectivity index (χ3n) is 12.2. The van der Waals surface area contributed by atoms with Crippen LogP contribution in [0.3, 0.4) is 0 Å². The van der Waals surface area contributed by atoms with Gasteiger partial charge < -0.3 is 24.2 Å². The number of hydrogen-bond acceptors (Lipinski definition) is 10. The topological polar surface area (TPSA) is 155 Å². The molecule has 0 rings (SSSR count). The molecule has 0 fully saturated rings.